The number of aromatic nitrogens is 2. The van der Waals surface area contributed by atoms with Crippen LogP contribution in [-0.2, 0) is 10.9 Å². The van der Waals surface area contributed by atoms with Gasteiger partial charge in [0.15, 0.2) is 17.8 Å². The van der Waals surface area contributed by atoms with E-state index in [1.54, 1.807) is 13.8 Å². The van der Waals surface area contributed by atoms with Crippen molar-refractivity contribution in [1.82, 2.24) is 20.3 Å². The number of amides is 1. The van der Waals surface area contributed by atoms with Gasteiger partial charge >= 0.3 is 12.3 Å². The minimum Gasteiger partial charge on any atom is -0.424 e. The van der Waals surface area contributed by atoms with E-state index >= 15 is 0 Å². The highest BCUT2D eigenvalue weighted by Gasteiger charge is 2.32. The predicted molar refractivity (Wildman–Crippen MR) is 110 cm³/mol. The molecular formula is C20H20F3N7O2. The number of hydrogen-bond donors (Lipinski definition) is 2. The average molecular weight is 447 g/mol. The third-order valence-corrected chi connectivity index (χ3v) is 4.10. The number of nitriles is 1. The van der Waals surface area contributed by atoms with Crippen molar-refractivity contribution < 1.29 is 22.7 Å². The summed E-state index contributed by atoms with van der Waals surface area (Å²) < 4.78 is 43.6. The van der Waals surface area contributed by atoms with Crippen molar-refractivity contribution in [3.05, 3.63) is 47.8 Å². The van der Waals surface area contributed by atoms with Crippen molar-refractivity contribution in [3.63, 3.8) is 0 Å². The van der Waals surface area contributed by atoms with Crippen LogP contribution in [0.1, 0.15) is 25.1 Å². The zero-order valence-electron chi connectivity index (χ0n) is 17.4. The molecule has 9 nitrogen and oxygen atoms in total. The maximum atomic E-state index is 12.9. The van der Waals surface area contributed by atoms with Crippen LogP contribution in [-0.4, -0.2) is 52.3 Å². The number of hydrazone groups is 1. The molecule has 2 rings (SSSR count). The summed E-state index contributed by atoms with van der Waals surface area (Å²) in [6, 6.07) is 8.37. The van der Waals surface area contributed by atoms with Gasteiger partial charge in [-0.1, -0.05) is 24.3 Å². The third-order valence-electron chi connectivity index (χ3n) is 4.10. The number of rotatable bonds is 7. The van der Waals surface area contributed by atoms with Crippen LogP contribution in [0.15, 0.2) is 41.6 Å². The smallest absolute Gasteiger partial charge is 0.424 e. The summed E-state index contributed by atoms with van der Waals surface area (Å²) in [5, 5.41) is 25.3. The van der Waals surface area contributed by atoms with Crippen molar-refractivity contribution in [2.75, 3.05) is 13.6 Å². The quantitative estimate of drug-likeness (QED) is 0.380. The van der Waals surface area contributed by atoms with E-state index in [-0.39, 0.29) is 17.2 Å². The van der Waals surface area contributed by atoms with E-state index in [0.29, 0.717) is 17.7 Å². The summed E-state index contributed by atoms with van der Waals surface area (Å²) in [6.45, 7) is 3.66. The Balaban J connectivity index is 2.19. The summed E-state index contributed by atoms with van der Waals surface area (Å²) in [6.07, 6.45) is -5.04. The SMILES string of the molecule is CCNC(=O)OC(C)N(C)/N=C(/C#N)C(=N)c1ccc(-c2nccc(C(F)(F)F)n2)cc1. The van der Waals surface area contributed by atoms with E-state index in [1.807, 2.05) is 6.07 Å². The fraction of sp³-hybridized carbons (Fsp3) is 0.300. The van der Waals surface area contributed by atoms with Gasteiger partial charge in [0.2, 0.25) is 0 Å². The summed E-state index contributed by atoms with van der Waals surface area (Å²) in [5.41, 5.74) is -0.927. The molecule has 2 aromatic rings. The lowest BCUT2D eigenvalue weighted by Gasteiger charge is -2.22. The van der Waals surface area contributed by atoms with Crippen LogP contribution in [0.5, 0.6) is 0 Å². The standard InChI is InChI=1S/C20H20F3N7O2/c1-4-26-19(31)32-12(2)30(3)29-15(11-24)17(25)13-5-7-14(8-6-13)18-27-10-9-16(28-18)20(21,22)23/h5-10,12,25H,4H2,1-3H3,(H,26,31)/b25-17?,29-15-. The van der Waals surface area contributed by atoms with Crippen LogP contribution in [0, 0.1) is 16.7 Å². The molecule has 32 heavy (non-hydrogen) atoms. The number of benzene rings is 1. The van der Waals surface area contributed by atoms with Gasteiger partial charge in [-0.3, -0.25) is 10.4 Å². The molecular weight excluding hydrogens is 427 g/mol. The molecule has 1 aromatic heterocycles. The number of nitrogens with one attached hydrogen (secondary N) is 2. The largest absolute Gasteiger partial charge is 0.433 e. The summed E-state index contributed by atoms with van der Waals surface area (Å²) in [5.74, 6) is -0.122. The van der Waals surface area contributed by atoms with Crippen molar-refractivity contribution >= 4 is 17.5 Å². The van der Waals surface area contributed by atoms with E-state index < -0.39 is 24.2 Å². The Morgan fingerprint density at radius 1 is 1.34 bits per heavy atom. The first-order valence-corrected chi connectivity index (χ1v) is 9.32. The molecule has 0 aliphatic carbocycles. The van der Waals surface area contributed by atoms with Crippen molar-refractivity contribution in [2.24, 2.45) is 5.10 Å². The van der Waals surface area contributed by atoms with Crippen LogP contribution in [0.25, 0.3) is 11.4 Å². The lowest BCUT2D eigenvalue weighted by Crippen LogP contribution is -2.35. The van der Waals surface area contributed by atoms with Crippen molar-refractivity contribution in [2.45, 2.75) is 26.3 Å². The minimum absolute atomic E-state index is 0.122. The number of carbonyl (C=O) groups excluding carboxylic acids is 1. The zero-order chi connectivity index (χ0) is 23.9. The topological polar surface area (TPSA) is 127 Å². The van der Waals surface area contributed by atoms with Gasteiger partial charge in [0.05, 0.1) is 5.71 Å². The van der Waals surface area contributed by atoms with Crippen LogP contribution in [0.2, 0.25) is 0 Å². The fourth-order valence-corrected chi connectivity index (χ4v) is 2.36. The molecule has 0 aliphatic rings. The van der Waals surface area contributed by atoms with Crippen molar-refractivity contribution in [1.29, 1.82) is 10.7 Å². The molecule has 12 heteroatoms. The molecule has 1 amide bonds. The van der Waals surface area contributed by atoms with E-state index in [4.69, 9.17) is 10.1 Å². The first-order chi connectivity index (χ1) is 15.1. The molecule has 0 saturated carbocycles. The van der Waals surface area contributed by atoms with E-state index in [0.717, 1.165) is 12.3 Å². The number of carbonyl (C=O) groups is 1. The van der Waals surface area contributed by atoms with Crippen LogP contribution in [0.3, 0.4) is 0 Å². The Labute approximate surface area is 182 Å². The first kappa shape index (κ1) is 24.3. The Kier molecular flexibility index (Phi) is 7.84. The van der Waals surface area contributed by atoms with E-state index in [1.165, 1.54) is 36.3 Å². The summed E-state index contributed by atoms with van der Waals surface area (Å²) in [7, 11) is 1.47. The molecule has 0 spiro atoms. The highest BCUT2D eigenvalue weighted by molar-refractivity contribution is 6.52. The number of alkyl carbamates (subject to hydrolysis) is 1. The average Bonchev–Trinajstić information content (AvgIpc) is 2.76. The van der Waals surface area contributed by atoms with Crippen molar-refractivity contribution in [3.8, 4) is 17.5 Å². The fourth-order valence-electron chi connectivity index (χ4n) is 2.36. The second-order valence-electron chi connectivity index (χ2n) is 6.38. The highest BCUT2D eigenvalue weighted by Crippen LogP contribution is 2.28. The molecule has 1 aromatic carbocycles. The Hall–Kier alpha value is -4.01. The lowest BCUT2D eigenvalue weighted by molar-refractivity contribution is -0.141. The predicted octanol–water partition coefficient (Wildman–Crippen LogP) is 3.43. The maximum absolute atomic E-state index is 12.9. The molecule has 0 radical (unpaired) electrons. The first-order valence-electron chi connectivity index (χ1n) is 9.32. The van der Waals surface area contributed by atoms with Gasteiger partial charge in [-0.2, -0.15) is 23.5 Å². The number of alkyl halides is 3. The summed E-state index contributed by atoms with van der Waals surface area (Å²) >= 11 is 0. The van der Waals surface area contributed by atoms with Gasteiger partial charge in [-0.25, -0.2) is 14.8 Å². The second-order valence-corrected chi connectivity index (χ2v) is 6.38. The van der Waals surface area contributed by atoms with E-state index in [9.17, 15) is 23.2 Å². The third kappa shape index (κ3) is 6.24. The van der Waals surface area contributed by atoms with Gasteiger partial charge in [0.25, 0.3) is 0 Å². The van der Waals surface area contributed by atoms with Gasteiger partial charge < -0.3 is 10.1 Å². The Bertz CT molecular complexity index is 1050. The number of ether oxygens (including phenoxy) is 1. The molecule has 1 unspecified atom stereocenters. The van der Waals surface area contributed by atoms with Crippen LogP contribution < -0.4 is 5.32 Å². The molecule has 0 aliphatic heterocycles. The van der Waals surface area contributed by atoms with Gasteiger partial charge in [-0.15, -0.1) is 0 Å². The molecule has 0 bridgehead atoms. The molecule has 2 N–H and O–H groups in total. The summed E-state index contributed by atoms with van der Waals surface area (Å²) in [4.78, 5) is 18.9. The molecule has 0 saturated heterocycles. The number of hydrogen-bond acceptors (Lipinski definition) is 8. The molecule has 1 heterocycles. The molecule has 1 atom stereocenters. The maximum Gasteiger partial charge on any atom is 0.433 e. The Morgan fingerprint density at radius 2 is 2.00 bits per heavy atom. The van der Waals surface area contributed by atoms with Gasteiger partial charge in [0.1, 0.15) is 11.8 Å². The number of nitrogens with zero attached hydrogens (tertiary/aromatic N) is 5. The van der Waals surface area contributed by atoms with Crippen LogP contribution in [0.4, 0.5) is 18.0 Å². The second kappa shape index (κ2) is 10.3. The monoisotopic (exact) mass is 447 g/mol. The van der Waals surface area contributed by atoms with Crippen LogP contribution >= 0.6 is 0 Å². The Morgan fingerprint density at radius 3 is 2.56 bits per heavy atom. The normalized spacial score (nSPS) is 12.5. The highest BCUT2D eigenvalue weighted by atomic mass is 19.4. The molecule has 0 fully saturated rings. The van der Waals surface area contributed by atoms with Gasteiger partial charge in [-0.05, 0) is 19.9 Å². The number of halogens is 3. The van der Waals surface area contributed by atoms with Gasteiger partial charge in [0, 0.05) is 30.9 Å². The zero-order valence-corrected chi connectivity index (χ0v) is 17.4. The molecule has 168 valence electrons. The van der Waals surface area contributed by atoms with E-state index in [2.05, 4.69) is 20.4 Å². The minimum atomic E-state index is -4.60. The lowest BCUT2D eigenvalue weighted by atomic mass is 10.0.